The highest BCUT2D eigenvalue weighted by molar-refractivity contribution is 5.78. The topological polar surface area (TPSA) is 49.3 Å². The van der Waals surface area contributed by atoms with E-state index in [-0.39, 0.29) is 17.6 Å². The first kappa shape index (κ1) is 20.0. The molecule has 0 saturated carbocycles. The van der Waals surface area contributed by atoms with E-state index in [1.54, 1.807) is 12.1 Å². The molecule has 4 rings (SSSR count). The van der Waals surface area contributed by atoms with Gasteiger partial charge in [-0.3, -0.25) is 9.69 Å². The Labute approximate surface area is 172 Å². The highest BCUT2D eigenvalue weighted by Crippen LogP contribution is 2.33. The van der Waals surface area contributed by atoms with Gasteiger partial charge in [-0.05, 0) is 63.4 Å². The quantitative estimate of drug-likeness (QED) is 0.789. The number of rotatable bonds is 4. The molecule has 1 unspecified atom stereocenters. The van der Waals surface area contributed by atoms with Gasteiger partial charge in [0.1, 0.15) is 11.6 Å². The number of carbonyl (C=O) groups is 1. The predicted octanol–water partition coefficient (Wildman–Crippen LogP) is 3.78. The number of hydrogen-bond donors (Lipinski definition) is 0. The maximum atomic E-state index is 13.4. The third kappa shape index (κ3) is 4.81. The summed E-state index contributed by atoms with van der Waals surface area (Å²) in [5, 5.41) is 0. The first-order chi connectivity index (χ1) is 14.1. The number of aromatic nitrogens is 2. The average molecular weight is 397 g/mol. The van der Waals surface area contributed by atoms with Crippen molar-refractivity contribution in [2.45, 2.75) is 44.9 Å². The predicted molar refractivity (Wildman–Crippen MR) is 111 cm³/mol. The molecule has 1 aromatic heterocycles. The molecule has 2 aliphatic rings. The number of hydrogen-bond acceptors (Lipinski definition) is 4. The molecule has 2 fully saturated rings. The van der Waals surface area contributed by atoms with Crippen LogP contribution in [-0.4, -0.2) is 58.4 Å². The summed E-state index contributed by atoms with van der Waals surface area (Å²) < 4.78 is 13.4. The fourth-order valence-corrected chi connectivity index (χ4v) is 4.49. The Bertz CT molecular complexity index is 848. The van der Waals surface area contributed by atoms with Gasteiger partial charge in [-0.25, -0.2) is 14.4 Å². The van der Waals surface area contributed by atoms with Gasteiger partial charge in [0.15, 0.2) is 0 Å². The molecule has 2 aromatic rings. The summed E-state index contributed by atoms with van der Waals surface area (Å²) in [6.45, 7) is 5.99. The van der Waals surface area contributed by atoms with Crippen molar-refractivity contribution in [3.05, 3.63) is 47.8 Å². The summed E-state index contributed by atoms with van der Waals surface area (Å²) in [7, 11) is 0. The van der Waals surface area contributed by atoms with E-state index < -0.39 is 0 Å². The molecule has 0 spiro atoms. The van der Waals surface area contributed by atoms with E-state index in [9.17, 15) is 9.18 Å². The second-order valence-electron chi connectivity index (χ2n) is 8.24. The fourth-order valence-electron chi connectivity index (χ4n) is 4.49. The molecule has 0 radical (unpaired) electrons. The van der Waals surface area contributed by atoms with Crippen LogP contribution in [0.5, 0.6) is 0 Å². The molecule has 6 heteroatoms. The van der Waals surface area contributed by atoms with Crippen LogP contribution in [0.2, 0.25) is 0 Å². The van der Waals surface area contributed by atoms with E-state index in [2.05, 4.69) is 9.88 Å². The smallest absolute Gasteiger partial charge is 0.236 e. The SMILES string of the molecule is Cc1ncc(-c2ccc(F)cc2)c(C2CCCN(C(=O)CN3CCCCC3)C2)n1. The van der Waals surface area contributed by atoms with Crippen LogP contribution in [0.1, 0.15) is 49.5 Å². The van der Waals surface area contributed by atoms with Gasteiger partial charge in [-0.15, -0.1) is 0 Å². The van der Waals surface area contributed by atoms with Crippen LogP contribution >= 0.6 is 0 Å². The largest absolute Gasteiger partial charge is 0.341 e. The summed E-state index contributed by atoms with van der Waals surface area (Å²) in [5.41, 5.74) is 2.82. The van der Waals surface area contributed by atoms with Crippen LogP contribution in [-0.2, 0) is 4.79 Å². The minimum Gasteiger partial charge on any atom is -0.341 e. The van der Waals surface area contributed by atoms with Crippen molar-refractivity contribution in [2.24, 2.45) is 0 Å². The van der Waals surface area contributed by atoms with Gasteiger partial charge >= 0.3 is 0 Å². The number of piperidine rings is 2. The Morgan fingerprint density at radius 2 is 1.86 bits per heavy atom. The molecule has 1 aromatic carbocycles. The van der Waals surface area contributed by atoms with E-state index >= 15 is 0 Å². The molecule has 0 N–H and O–H groups in total. The van der Waals surface area contributed by atoms with Crippen LogP contribution in [0.25, 0.3) is 11.1 Å². The van der Waals surface area contributed by atoms with Crippen molar-refractivity contribution in [1.82, 2.24) is 19.8 Å². The van der Waals surface area contributed by atoms with E-state index in [0.29, 0.717) is 13.1 Å². The second kappa shape index (κ2) is 8.99. The first-order valence-corrected chi connectivity index (χ1v) is 10.7. The molecule has 0 bridgehead atoms. The Kier molecular flexibility index (Phi) is 6.19. The standard InChI is InChI=1S/C23H29FN4O/c1-17-25-14-21(18-7-9-20(24)10-8-18)23(26-17)19-6-5-13-28(15-19)22(29)16-27-11-3-2-4-12-27/h7-10,14,19H,2-6,11-13,15-16H2,1H3. The third-order valence-corrected chi connectivity index (χ3v) is 6.06. The number of likely N-dealkylation sites (tertiary alicyclic amines) is 2. The van der Waals surface area contributed by atoms with Crippen molar-refractivity contribution in [1.29, 1.82) is 0 Å². The van der Waals surface area contributed by atoms with Gasteiger partial charge in [0.25, 0.3) is 0 Å². The van der Waals surface area contributed by atoms with Crippen LogP contribution < -0.4 is 0 Å². The molecule has 2 aliphatic heterocycles. The average Bonchev–Trinajstić information content (AvgIpc) is 2.75. The summed E-state index contributed by atoms with van der Waals surface area (Å²) in [6.07, 6.45) is 7.46. The molecule has 5 nitrogen and oxygen atoms in total. The van der Waals surface area contributed by atoms with Crippen molar-refractivity contribution >= 4 is 5.91 Å². The molecule has 2 saturated heterocycles. The number of amides is 1. The number of carbonyl (C=O) groups excluding carboxylic acids is 1. The summed E-state index contributed by atoms with van der Waals surface area (Å²) in [6, 6.07) is 6.48. The second-order valence-corrected chi connectivity index (χ2v) is 8.24. The van der Waals surface area contributed by atoms with Crippen molar-refractivity contribution in [3.63, 3.8) is 0 Å². The monoisotopic (exact) mass is 396 g/mol. The molecule has 154 valence electrons. The van der Waals surface area contributed by atoms with Gasteiger partial charge in [0.05, 0.1) is 12.2 Å². The van der Waals surface area contributed by atoms with E-state index in [1.807, 2.05) is 18.0 Å². The maximum absolute atomic E-state index is 13.4. The van der Waals surface area contributed by atoms with Gasteiger partial charge in [0, 0.05) is 30.8 Å². The van der Waals surface area contributed by atoms with Crippen LogP contribution in [0.3, 0.4) is 0 Å². The third-order valence-electron chi connectivity index (χ3n) is 6.06. The Morgan fingerprint density at radius 1 is 1.10 bits per heavy atom. The molecular weight excluding hydrogens is 367 g/mol. The molecule has 1 amide bonds. The number of halogens is 1. The minimum atomic E-state index is -0.254. The Balaban J connectivity index is 1.52. The van der Waals surface area contributed by atoms with E-state index in [1.165, 1.54) is 31.4 Å². The summed E-state index contributed by atoms with van der Waals surface area (Å²) >= 11 is 0. The summed E-state index contributed by atoms with van der Waals surface area (Å²) in [5.74, 6) is 0.875. The molecule has 3 heterocycles. The molecule has 1 atom stereocenters. The molecular formula is C23H29FN4O. The number of nitrogens with zero attached hydrogens (tertiary/aromatic N) is 4. The zero-order chi connectivity index (χ0) is 20.2. The molecule has 0 aliphatic carbocycles. The Morgan fingerprint density at radius 3 is 2.62 bits per heavy atom. The fraction of sp³-hybridized carbons (Fsp3) is 0.522. The van der Waals surface area contributed by atoms with Gasteiger partial charge < -0.3 is 4.90 Å². The van der Waals surface area contributed by atoms with E-state index in [4.69, 9.17) is 4.98 Å². The normalized spacial score (nSPS) is 20.6. The Hall–Kier alpha value is -2.34. The highest BCUT2D eigenvalue weighted by Gasteiger charge is 2.29. The lowest BCUT2D eigenvalue weighted by Crippen LogP contribution is -2.45. The van der Waals surface area contributed by atoms with Crippen molar-refractivity contribution < 1.29 is 9.18 Å². The number of benzene rings is 1. The van der Waals surface area contributed by atoms with Crippen molar-refractivity contribution in [2.75, 3.05) is 32.7 Å². The summed E-state index contributed by atoms with van der Waals surface area (Å²) in [4.78, 5) is 26.3. The van der Waals surface area contributed by atoms with Gasteiger partial charge in [0.2, 0.25) is 5.91 Å². The number of aryl methyl sites for hydroxylation is 1. The van der Waals surface area contributed by atoms with E-state index in [0.717, 1.165) is 55.1 Å². The maximum Gasteiger partial charge on any atom is 0.236 e. The van der Waals surface area contributed by atoms with Crippen molar-refractivity contribution in [3.8, 4) is 11.1 Å². The van der Waals surface area contributed by atoms with Crippen LogP contribution in [0.4, 0.5) is 4.39 Å². The zero-order valence-electron chi connectivity index (χ0n) is 17.1. The lowest BCUT2D eigenvalue weighted by Gasteiger charge is -2.35. The first-order valence-electron chi connectivity index (χ1n) is 10.7. The lowest BCUT2D eigenvalue weighted by molar-refractivity contribution is -0.133. The van der Waals surface area contributed by atoms with Gasteiger partial charge in [-0.1, -0.05) is 18.6 Å². The zero-order valence-corrected chi connectivity index (χ0v) is 17.1. The minimum absolute atomic E-state index is 0.177. The highest BCUT2D eigenvalue weighted by atomic mass is 19.1. The van der Waals surface area contributed by atoms with Gasteiger partial charge in [-0.2, -0.15) is 0 Å². The molecule has 29 heavy (non-hydrogen) atoms. The van der Waals surface area contributed by atoms with Crippen LogP contribution in [0, 0.1) is 12.7 Å². The lowest BCUT2D eigenvalue weighted by atomic mass is 9.89. The van der Waals surface area contributed by atoms with Crippen LogP contribution in [0.15, 0.2) is 30.5 Å².